The number of amides is 2. The highest BCUT2D eigenvalue weighted by Crippen LogP contribution is 2.29. The van der Waals surface area contributed by atoms with Gasteiger partial charge >= 0.3 is 0 Å². The van der Waals surface area contributed by atoms with Crippen molar-refractivity contribution in [3.63, 3.8) is 0 Å². The zero-order valence-electron chi connectivity index (χ0n) is 20.8. The van der Waals surface area contributed by atoms with E-state index in [4.69, 9.17) is 14.2 Å². The first-order chi connectivity index (χ1) is 18.5. The van der Waals surface area contributed by atoms with Gasteiger partial charge in [0, 0.05) is 35.0 Å². The quantitative estimate of drug-likeness (QED) is 0.323. The van der Waals surface area contributed by atoms with Crippen molar-refractivity contribution in [1.82, 2.24) is 15.0 Å². The van der Waals surface area contributed by atoms with Crippen LogP contribution in [0.5, 0.6) is 17.2 Å². The van der Waals surface area contributed by atoms with E-state index in [2.05, 4.69) is 25.6 Å². The Morgan fingerprint density at radius 3 is 1.47 bits per heavy atom. The maximum absolute atomic E-state index is 13.1. The van der Waals surface area contributed by atoms with Gasteiger partial charge in [-0.25, -0.2) is 15.0 Å². The Kier molecular flexibility index (Phi) is 6.68. The summed E-state index contributed by atoms with van der Waals surface area (Å²) in [6.45, 7) is 0. The second-order valence-electron chi connectivity index (χ2n) is 8.14. The third-order valence-electron chi connectivity index (χ3n) is 5.78. The number of carbonyl (C=O) groups is 2. The van der Waals surface area contributed by atoms with Crippen molar-refractivity contribution in [2.45, 2.75) is 0 Å². The number of aromatic nitrogens is 3. The summed E-state index contributed by atoms with van der Waals surface area (Å²) in [5, 5.41) is 7.06. The summed E-state index contributed by atoms with van der Waals surface area (Å²) in [6.07, 6.45) is 0. The number of para-hydroxylation sites is 2. The van der Waals surface area contributed by atoms with Crippen LogP contribution in [0.2, 0.25) is 0 Å². The number of ether oxygens (including phenoxy) is 3. The molecule has 0 spiro atoms. The Morgan fingerprint density at radius 1 is 0.605 bits per heavy atom. The molecule has 3 aromatic heterocycles. The minimum atomic E-state index is -0.576. The molecule has 190 valence electrons. The van der Waals surface area contributed by atoms with Gasteiger partial charge < -0.3 is 24.8 Å². The molecule has 0 aliphatic rings. The molecular formula is C28H23N5O5. The van der Waals surface area contributed by atoms with Gasteiger partial charge in [0.05, 0.1) is 32.4 Å². The zero-order valence-corrected chi connectivity index (χ0v) is 20.8. The number of anilines is 2. The van der Waals surface area contributed by atoms with Gasteiger partial charge in [-0.05, 0) is 24.3 Å². The van der Waals surface area contributed by atoms with Crippen molar-refractivity contribution in [3.8, 4) is 17.2 Å². The smallest absolute Gasteiger partial charge is 0.275 e. The highest BCUT2D eigenvalue weighted by Gasteiger charge is 2.18. The molecule has 0 fully saturated rings. The predicted molar refractivity (Wildman–Crippen MR) is 143 cm³/mol. The van der Waals surface area contributed by atoms with Crippen molar-refractivity contribution < 1.29 is 23.8 Å². The largest absolute Gasteiger partial charge is 0.497 e. The molecule has 10 nitrogen and oxygen atoms in total. The van der Waals surface area contributed by atoms with Crippen LogP contribution in [0.25, 0.3) is 21.8 Å². The van der Waals surface area contributed by atoms with Crippen molar-refractivity contribution in [1.29, 1.82) is 0 Å². The number of methoxy groups -OCH3 is 3. The second kappa shape index (κ2) is 10.4. The van der Waals surface area contributed by atoms with Crippen molar-refractivity contribution >= 4 is 45.3 Å². The summed E-state index contributed by atoms with van der Waals surface area (Å²) in [7, 11) is 4.52. The number of pyridine rings is 3. The molecular weight excluding hydrogens is 486 g/mol. The molecule has 0 atom stereocenters. The Balaban J connectivity index is 1.43. The molecule has 0 saturated heterocycles. The van der Waals surface area contributed by atoms with E-state index in [0.717, 1.165) is 10.8 Å². The monoisotopic (exact) mass is 509 g/mol. The Hall–Kier alpha value is -5.25. The van der Waals surface area contributed by atoms with Gasteiger partial charge in [0.25, 0.3) is 11.8 Å². The summed E-state index contributed by atoms with van der Waals surface area (Å²) >= 11 is 0. The lowest BCUT2D eigenvalue weighted by molar-refractivity contribution is 0.101. The Labute approximate surface area is 217 Å². The molecule has 5 aromatic rings. The normalized spacial score (nSPS) is 10.7. The fourth-order valence-corrected chi connectivity index (χ4v) is 3.97. The molecule has 5 rings (SSSR count). The van der Waals surface area contributed by atoms with E-state index >= 15 is 0 Å². The van der Waals surface area contributed by atoms with Crippen LogP contribution >= 0.6 is 0 Å². The number of nitrogens with one attached hydrogen (secondary N) is 2. The molecule has 0 radical (unpaired) electrons. The van der Waals surface area contributed by atoms with Gasteiger partial charge in [-0.3, -0.25) is 9.59 Å². The lowest BCUT2D eigenvalue weighted by Gasteiger charge is -2.12. The first-order valence-corrected chi connectivity index (χ1v) is 11.6. The molecule has 2 amide bonds. The lowest BCUT2D eigenvalue weighted by Crippen LogP contribution is -2.20. The highest BCUT2D eigenvalue weighted by molar-refractivity contribution is 6.07. The highest BCUT2D eigenvalue weighted by atomic mass is 16.5. The van der Waals surface area contributed by atoms with E-state index in [0.29, 0.717) is 22.5 Å². The molecule has 2 aromatic carbocycles. The van der Waals surface area contributed by atoms with Crippen LogP contribution in [0, 0.1) is 0 Å². The maximum atomic E-state index is 13.1. The van der Waals surface area contributed by atoms with Gasteiger partial charge in [0.2, 0.25) is 0 Å². The van der Waals surface area contributed by atoms with E-state index in [9.17, 15) is 9.59 Å². The number of benzene rings is 2. The molecule has 0 saturated carbocycles. The number of carbonyl (C=O) groups excluding carboxylic acids is 2. The van der Waals surface area contributed by atoms with Crippen molar-refractivity contribution in [2.75, 3.05) is 32.0 Å². The van der Waals surface area contributed by atoms with Crippen LogP contribution in [0.1, 0.15) is 21.0 Å². The van der Waals surface area contributed by atoms with Crippen molar-refractivity contribution in [2.24, 2.45) is 0 Å². The van der Waals surface area contributed by atoms with Crippen LogP contribution < -0.4 is 24.8 Å². The number of hydrogen-bond acceptors (Lipinski definition) is 8. The number of rotatable bonds is 7. The lowest BCUT2D eigenvalue weighted by atomic mass is 10.2. The third kappa shape index (κ3) is 4.87. The minimum Gasteiger partial charge on any atom is -0.497 e. The minimum absolute atomic E-state index is 0.0347. The summed E-state index contributed by atoms with van der Waals surface area (Å²) in [4.78, 5) is 39.4. The van der Waals surface area contributed by atoms with Crippen molar-refractivity contribution in [3.05, 3.63) is 84.2 Å². The molecule has 0 unspecified atom stereocenters. The summed E-state index contributed by atoms with van der Waals surface area (Å²) in [5.74, 6) is 0.790. The van der Waals surface area contributed by atoms with E-state index in [1.165, 1.54) is 19.2 Å². The zero-order chi connectivity index (χ0) is 26.6. The average molecular weight is 510 g/mol. The fourth-order valence-electron chi connectivity index (χ4n) is 3.97. The van der Waals surface area contributed by atoms with Crippen LogP contribution in [0.4, 0.5) is 11.6 Å². The van der Waals surface area contributed by atoms with Crippen LogP contribution in [0.3, 0.4) is 0 Å². The number of fused-ring (bicyclic) bond motifs is 2. The first-order valence-electron chi connectivity index (χ1n) is 11.6. The number of hydrogen-bond donors (Lipinski definition) is 2. The molecule has 38 heavy (non-hydrogen) atoms. The van der Waals surface area contributed by atoms with E-state index in [1.54, 1.807) is 26.4 Å². The van der Waals surface area contributed by atoms with Crippen LogP contribution in [0.15, 0.2) is 72.8 Å². The average Bonchev–Trinajstić information content (AvgIpc) is 2.95. The molecule has 3 heterocycles. The van der Waals surface area contributed by atoms with Crippen LogP contribution in [-0.4, -0.2) is 48.1 Å². The molecule has 0 aliphatic heterocycles. The van der Waals surface area contributed by atoms with Crippen LogP contribution in [-0.2, 0) is 0 Å². The van der Waals surface area contributed by atoms with Gasteiger partial charge in [-0.2, -0.15) is 0 Å². The summed E-state index contributed by atoms with van der Waals surface area (Å²) < 4.78 is 16.2. The fraction of sp³-hybridized carbons (Fsp3) is 0.107. The summed E-state index contributed by atoms with van der Waals surface area (Å²) in [6, 6.07) is 20.9. The van der Waals surface area contributed by atoms with E-state index < -0.39 is 11.8 Å². The maximum Gasteiger partial charge on any atom is 0.275 e. The SMILES string of the molecule is COc1cc(C(=O)Nc2cc(OC)c3ccccc3n2)nc(C(=O)Nc2cc(OC)c3ccccc3n2)c1. The third-order valence-corrected chi connectivity index (χ3v) is 5.78. The summed E-state index contributed by atoms with van der Waals surface area (Å²) in [5.41, 5.74) is 1.23. The molecule has 0 bridgehead atoms. The molecule has 0 aliphatic carbocycles. The Bertz CT molecular complexity index is 1570. The first kappa shape index (κ1) is 24.4. The molecule has 2 N–H and O–H groups in total. The standard InChI is InChI=1S/C28H23N5O5/c1-36-16-12-21(27(34)32-25-14-23(37-2)17-8-4-6-10-19(17)30-25)29-22(13-16)28(35)33-26-15-24(38-3)18-9-5-7-11-20(18)31-26/h4-15H,1-3H3,(H,30,32,34)(H,31,33,35). The van der Waals surface area contributed by atoms with Gasteiger partial charge in [0.1, 0.15) is 40.3 Å². The molecule has 10 heteroatoms. The van der Waals surface area contributed by atoms with Gasteiger partial charge in [-0.1, -0.05) is 24.3 Å². The van der Waals surface area contributed by atoms with E-state index in [-0.39, 0.29) is 28.8 Å². The number of nitrogens with zero attached hydrogens (tertiary/aromatic N) is 3. The predicted octanol–water partition coefficient (Wildman–Crippen LogP) is 4.71. The van der Waals surface area contributed by atoms with E-state index in [1.807, 2.05) is 48.5 Å². The van der Waals surface area contributed by atoms with Gasteiger partial charge in [-0.15, -0.1) is 0 Å². The van der Waals surface area contributed by atoms with Gasteiger partial charge in [0.15, 0.2) is 0 Å². The Morgan fingerprint density at radius 2 is 1.05 bits per heavy atom. The topological polar surface area (TPSA) is 125 Å². The second-order valence-corrected chi connectivity index (χ2v) is 8.14.